The molecule has 12 heteroatoms. The van der Waals surface area contributed by atoms with Crippen molar-refractivity contribution in [2.75, 3.05) is 11.9 Å². The van der Waals surface area contributed by atoms with Crippen molar-refractivity contribution in [1.29, 1.82) is 0 Å². The molecule has 390 valence electrons. The molecule has 1 unspecified atom stereocenters. The van der Waals surface area contributed by atoms with E-state index in [0.29, 0.717) is 66.0 Å². The fourth-order valence-corrected chi connectivity index (χ4v) is 8.37. The van der Waals surface area contributed by atoms with Crippen molar-refractivity contribution in [3.05, 3.63) is 175 Å². The average Bonchev–Trinajstić information content (AvgIpc) is 3.72. The van der Waals surface area contributed by atoms with E-state index in [-0.39, 0.29) is 43.5 Å². The standard InChI is InChI=1S/C61H77FN4O7/c1-4-5-6-7-8-9-10-11-12-13-14-15-16-17-18-19-20-21-28-36-54(69)63-42-30-29-35-53(61(72)73)65-55(70)45-52(68)44-51(67)41-43-66-58(46(2)3)57(60(71)64-50-33-26-23-27-34-50)56(47-31-24-22-25-32-47)59(66)48-37-39-49(62)40-38-48/h5-6,8-9,11-12,14-15,17-18,20-27,31-34,37-40,46,51-53,67-68H,4,7,10,13,16,19,28-30,35-36,41-45H2,1-3H3,(H,63,69)(H,64,71)(H,65,70)(H,72,73)/t51-,52-,53?/m1/s1. The molecule has 3 amide bonds. The van der Waals surface area contributed by atoms with E-state index in [0.717, 1.165) is 44.1 Å². The molecular formula is C61H77FN4O7. The maximum absolute atomic E-state index is 14.4. The summed E-state index contributed by atoms with van der Waals surface area (Å²) in [5, 5.41) is 40.5. The number of nitrogens with one attached hydrogen (secondary N) is 3. The van der Waals surface area contributed by atoms with Crippen LogP contribution in [0, 0.1) is 5.82 Å². The second-order valence-electron chi connectivity index (χ2n) is 18.3. The van der Waals surface area contributed by atoms with Crippen LogP contribution in [0.3, 0.4) is 0 Å². The number of rotatable bonds is 33. The fourth-order valence-electron chi connectivity index (χ4n) is 8.37. The van der Waals surface area contributed by atoms with Gasteiger partial charge in [-0.05, 0) is 130 Å². The molecule has 0 spiro atoms. The number of halogens is 1. The number of aliphatic carboxylic acids is 1. The van der Waals surface area contributed by atoms with Crippen molar-refractivity contribution in [3.63, 3.8) is 0 Å². The van der Waals surface area contributed by atoms with Gasteiger partial charge in [0, 0.05) is 36.5 Å². The molecule has 11 nitrogen and oxygen atoms in total. The van der Waals surface area contributed by atoms with E-state index >= 15 is 0 Å². The number of carboxylic acid groups (broad SMARTS) is 1. The third-order valence-electron chi connectivity index (χ3n) is 12.0. The first-order chi connectivity index (χ1) is 35.4. The smallest absolute Gasteiger partial charge is 0.326 e. The van der Waals surface area contributed by atoms with Gasteiger partial charge in [-0.25, -0.2) is 9.18 Å². The molecule has 3 aromatic carbocycles. The summed E-state index contributed by atoms with van der Waals surface area (Å²) in [6, 6.07) is 23.5. The Labute approximate surface area is 432 Å². The molecule has 4 aromatic rings. The summed E-state index contributed by atoms with van der Waals surface area (Å²) in [5.41, 5.74) is 4.53. The van der Waals surface area contributed by atoms with Gasteiger partial charge in [-0.15, -0.1) is 0 Å². The summed E-state index contributed by atoms with van der Waals surface area (Å²) in [5.74, 6) is -2.88. The predicted molar refractivity (Wildman–Crippen MR) is 293 cm³/mol. The molecule has 1 aromatic heterocycles. The van der Waals surface area contributed by atoms with E-state index in [2.05, 4.69) is 83.6 Å². The third kappa shape index (κ3) is 21.8. The van der Waals surface area contributed by atoms with Gasteiger partial charge in [0.05, 0.1) is 29.9 Å². The highest BCUT2D eigenvalue weighted by Gasteiger charge is 2.31. The second kappa shape index (κ2) is 33.7. The lowest BCUT2D eigenvalue weighted by Crippen LogP contribution is -2.42. The van der Waals surface area contributed by atoms with Gasteiger partial charge in [0.2, 0.25) is 11.8 Å². The van der Waals surface area contributed by atoms with Crippen LogP contribution >= 0.6 is 0 Å². The summed E-state index contributed by atoms with van der Waals surface area (Å²) in [6.07, 6.45) is 30.5. The molecule has 1 heterocycles. The van der Waals surface area contributed by atoms with E-state index < -0.39 is 42.4 Å². The molecule has 4 rings (SSSR count). The van der Waals surface area contributed by atoms with Crippen molar-refractivity contribution < 1.29 is 38.9 Å². The normalized spacial score (nSPS) is 13.3. The number of allylic oxidation sites excluding steroid dienone is 12. The summed E-state index contributed by atoms with van der Waals surface area (Å²) >= 11 is 0. The molecule has 73 heavy (non-hydrogen) atoms. The number of carbonyl (C=O) groups is 4. The molecule has 0 aliphatic carbocycles. The molecule has 0 saturated carbocycles. The number of hydrogen-bond acceptors (Lipinski definition) is 6. The van der Waals surface area contributed by atoms with Crippen LogP contribution in [0.4, 0.5) is 10.1 Å². The van der Waals surface area contributed by atoms with Gasteiger partial charge >= 0.3 is 5.97 Å². The predicted octanol–water partition coefficient (Wildman–Crippen LogP) is 12.6. The Morgan fingerprint density at radius 3 is 1.78 bits per heavy atom. The van der Waals surface area contributed by atoms with Crippen LogP contribution in [0.5, 0.6) is 0 Å². The summed E-state index contributed by atoms with van der Waals surface area (Å²) < 4.78 is 16.3. The summed E-state index contributed by atoms with van der Waals surface area (Å²) in [6.45, 7) is 6.68. The van der Waals surface area contributed by atoms with Crippen LogP contribution in [-0.2, 0) is 20.9 Å². The first-order valence-corrected chi connectivity index (χ1v) is 25.9. The number of aliphatic hydroxyl groups is 2. The largest absolute Gasteiger partial charge is 0.480 e. The number of benzene rings is 3. The zero-order valence-corrected chi connectivity index (χ0v) is 42.9. The van der Waals surface area contributed by atoms with Crippen LogP contribution in [0.1, 0.15) is 133 Å². The molecule has 6 N–H and O–H groups in total. The van der Waals surface area contributed by atoms with E-state index in [4.69, 9.17) is 0 Å². The molecule has 0 bridgehead atoms. The molecule has 0 radical (unpaired) electrons. The van der Waals surface area contributed by atoms with Gasteiger partial charge in [-0.1, -0.05) is 142 Å². The Hall–Kier alpha value is -6.89. The Balaban J connectivity index is 1.21. The number of nitrogens with zero attached hydrogens (tertiary/aromatic N) is 1. The highest BCUT2D eigenvalue weighted by Crippen LogP contribution is 2.42. The number of unbranched alkanes of at least 4 members (excludes halogenated alkanes) is 1. The number of aliphatic hydroxyl groups excluding tert-OH is 2. The fraction of sp³-hybridized carbons (Fsp3) is 0.377. The number of hydrogen-bond donors (Lipinski definition) is 6. The Morgan fingerprint density at radius 2 is 1.22 bits per heavy atom. The topological polar surface area (TPSA) is 170 Å². The van der Waals surface area contributed by atoms with Gasteiger partial charge in [-0.3, -0.25) is 14.4 Å². The van der Waals surface area contributed by atoms with E-state index in [1.54, 1.807) is 24.3 Å². The van der Waals surface area contributed by atoms with E-state index in [9.17, 15) is 38.9 Å². The Morgan fingerprint density at radius 1 is 0.658 bits per heavy atom. The monoisotopic (exact) mass is 997 g/mol. The third-order valence-corrected chi connectivity index (χ3v) is 12.0. The van der Waals surface area contributed by atoms with Crippen molar-refractivity contribution in [2.24, 2.45) is 0 Å². The number of amides is 3. The molecular weight excluding hydrogens is 920 g/mol. The van der Waals surface area contributed by atoms with Gasteiger partial charge in [0.15, 0.2) is 0 Å². The summed E-state index contributed by atoms with van der Waals surface area (Å²) in [4.78, 5) is 51.7. The van der Waals surface area contributed by atoms with Crippen LogP contribution in [0.2, 0.25) is 0 Å². The van der Waals surface area contributed by atoms with Gasteiger partial charge in [-0.2, -0.15) is 0 Å². The molecule has 0 aliphatic rings. The lowest BCUT2D eigenvalue weighted by atomic mass is 9.94. The summed E-state index contributed by atoms with van der Waals surface area (Å²) in [7, 11) is 0. The molecule has 0 saturated heterocycles. The maximum Gasteiger partial charge on any atom is 0.326 e. The lowest BCUT2D eigenvalue weighted by molar-refractivity contribution is -0.142. The van der Waals surface area contributed by atoms with Gasteiger partial charge in [0.1, 0.15) is 11.9 Å². The van der Waals surface area contributed by atoms with Crippen LogP contribution in [0.15, 0.2) is 158 Å². The zero-order chi connectivity index (χ0) is 52.6. The van der Waals surface area contributed by atoms with Crippen LogP contribution < -0.4 is 16.0 Å². The number of para-hydroxylation sites is 1. The zero-order valence-electron chi connectivity index (χ0n) is 42.9. The highest BCUT2D eigenvalue weighted by atomic mass is 19.1. The number of anilines is 1. The maximum atomic E-state index is 14.4. The van der Waals surface area contributed by atoms with E-state index in [1.165, 1.54) is 12.1 Å². The van der Waals surface area contributed by atoms with Crippen LogP contribution in [0.25, 0.3) is 22.4 Å². The Bertz CT molecular complexity index is 2470. The first kappa shape index (κ1) is 58.7. The number of aromatic nitrogens is 1. The minimum Gasteiger partial charge on any atom is -0.480 e. The van der Waals surface area contributed by atoms with Crippen molar-refractivity contribution >= 4 is 29.4 Å². The van der Waals surface area contributed by atoms with Gasteiger partial charge < -0.3 is 35.8 Å². The first-order valence-electron chi connectivity index (χ1n) is 25.9. The number of carboxylic acids is 1. The molecule has 0 aliphatic heterocycles. The number of carbonyl (C=O) groups excluding carboxylic acids is 3. The highest BCUT2D eigenvalue weighted by molar-refractivity contribution is 6.12. The SMILES string of the molecule is CCC=CCC=CCC=CCC=CCC=CCC=CCCC(=O)NCCCCC(NC(=O)C[C@H](O)C[C@H](O)CCn1c(-c2ccc(F)cc2)c(-c2ccccc2)c(C(=O)Nc2ccccc2)c1C(C)C)C(=O)O. The minimum absolute atomic E-state index is 0.0891. The Kier molecular flexibility index (Phi) is 27.1. The van der Waals surface area contributed by atoms with Crippen molar-refractivity contribution in [2.45, 2.75) is 141 Å². The van der Waals surface area contributed by atoms with Crippen molar-refractivity contribution in [1.82, 2.24) is 15.2 Å². The van der Waals surface area contributed by atoms with Gasteiger partial charge in [0.25, 0.3) is 5.91 Å². The minimum atomic E-state index is -1.27. The molecule has 0 fully saturated rings. The lowest BCUT2D eigenvalue weighted by Gasteiger charge is -2.21. The average molecular weight is 997 g/mol. The molecule has 3 atom stereocenters. The quantitative estimate of drug-likeness (QED) is 0.0204. The van der Waals surface area contributed by atoms with Crippen molar-refractivity contribution in [3.8, 4) is 22.4 Å². The van der Waals surface area contributed by atoms with E-state index in [1.807, 2.05) is 79.1 Å². The second-order valence-corrected chi connectivity index (χ2v) is 18.3. The van der Waals surface area contributed by atoms with Crippen LogP contribution in [-0.4, -0.2) is 68.4 Å².